The van der Waals surface area contributed by atoms with Crippen molar-refractivity contribution in [2.24, 2.45) is 0 Å². The number of carbonyl (C=O) groups excluding carboxylic acids is 2. The molecule has 9 nitrogen and oxygen atoms in total. The molecule has 0 bridgehead atoms. The van der Waals surface area contributed by atoms with Crippen LogP contribution in [-0.2, 0) is 17.5 Å². The first-order valence-electron chi connectivity index (χ1n) is 11.3. The lowest BCUT2D eigenvalue weighted by molar-refractivity contribution is -0.159. The van der Waals surface area contributed by atoms with Gasteiger partial charge in [-0.3, -0.25) is 4.79 Å². The fraction of sp³-hybridized carbons (Fsp3) is 0.545. The van der Waals surface area contributed by atoms with Crippen LogP contribution >= 0.6 is 0 Å². The van der Waals surface area contributed by atoms with E-state index in [4.69, 9.17) is 4.74 Å². The molecule has 0 spiro atoms. The summed E-state index contributed by atoms with van der Waals surface area (Å²) in [5, 5.41) is 6.52. The first-order chi connectivity index (χ1) is 16.3. The Kier molecular flexibility index (Phi) is 5.92. The van der Waals surface area contributed by atoms with Crippen LogP contribution in [-0.4, -0.2) is 70.3 Å². The lowest BCUT2D eigenvalue weighted by atomic mass is 9.89. The summed E-state index contributed by atoms with van der Waals surface area (Å²) in [5.74, 6) is -1.87. The molecule has 34 heavy (non-hydrogen) atoms. The molecular weight excluding hydrogens is 455 g/mol. The summed E-state index contributed by atoms with van der Waals surface area (Å²) in [6.07, 6.45) is -1.29. The maximum atomic E-state index is 13.3. The number of amides is 3. The molecule has 2 aromatic rings. The van der Waals surface area contributed by atoms with Crippen molar-refractivity contribution in [3.8, 4) is 11.4 Å². The number of aromatic nitrogens is 2. The summed E-state index contributed by atoms with van der Waals surface area (Å²) in [6.45, 7) is 2.46. The normalized spacial score (nSPS) is 23.2. The fourth-order valence-electron chi connectivity index (χ4n) is 4.86. The van der Waals surface area contributed by atoms with Gasteiger partial charge in [-0.25, -0.2) is 4.79 Å². The Balaban J connectivity index is 1.33. The van der Waals surface area contributed by atoms with Gasteiger partial charge in [0.15, 0.2) is 0 Å². The van der Waals surface area contributed by atoms with E-state index in [0.717, 1.165) is 31.2 Å². The molecule has 1 aliphatic carbocycles. The summed E-state index contributed by atoms with van der Waals surface area (Å²) >= 11 is 0. The number of fused-ring (bicyclic) bond motifs is 1. The highest BCUT2D eigenvalue weighted by atomic mass is 19.4. The molecule has 2 atom stereocenters. The van der Waals surface area contributed by atoms with Crippen LogP contribution < -0.4 is 5.32 Å². The molecule has 3 heterocycles. The number of carbonyl (C=O) groups is 2. The second kappa shape index (κ2) is 8.90. The number of alkyl halides is 3. The van der Waals surface area contributed by atoms with Crippen LogP contribution in [0.4, 0.5) is 18.0 Å². The van der Waals surface area contributed by atoms with Crippen molar-refractivity contribution in [1.29, 1.82) is 0 Å². The molecule has 12 heteroatoms. The third-order valence-corrected chi connectivity index (χ3v) is 6.61. The average molecular weight is 479 g/mol. The minimum Gasteiger partial charge on any atom is -0.378 e. The van der Waals surface area contributed by atoms with Gasteiger partial charge in [0, 0.05) is 30.8 Å². The summed E-state index contributed by atoms with van der Waals surface area (Å²) in [4.78, 5) is 33.0. The maximum Gasteiger partial charge on any atom is 0.471 e. The van der Waals surface area contributed by atoms with Crippen LogP contribution in [0.2, 0.25) is 0 Å². The van der Waals surface area contributed by atoms with Gasteiger partial charge in [-0.1, -0.05) is 30.1 Å². The lowest BCUT2D eigenvalue weighted by Gasteiger charge is -2.39. The second-order valence-electron chi connectivity index (χ2n) is 8.73. The SMILES string of the molecule is O=C(NC1CCCCC1N1Cc2ccc(-c3noc(C(F)(F)F)n3)cc2C1=O)N1CCOCC1. The van der Waals surface area contributed by atoms with Crippen molar-refractivity contribution in [3.05, 3.63) is 35.2 Å². The lowest BCUT2D eigenvalue weighted by Crippen LogP contribution is -2.57. The van der Waals surface area contributed by atoms with Crippen LogP contribution in [0.25, 0.3) is 11.4 Å². The molecule has 182 valence electrons. The first-order valence-corrected chi connectivity index (χ1v) is 11.3. The number of halogens is 3. The van der Waals surface area contributed by atoms with E-state index in [1.54, 1.807) is 21.9 Å². The van der Waals surface area contributed by atoms with E-state index >= 15 is 0 Å². The number of morpholine rings is 1. The van der Waals surface area contributed by atoms with Gasteiger partial charge in [0.25, 0.3) is 5.91 Å². The Morgan fingerprint density at radius 2 is 1.91 bits per heavy atom. The third kappa shape index (κ3) is 4.33. The van der Waals surface area contributed by atoms with Crippen LogP contribution in [0, 0.1) is 0 Å². The second-order valence-corrected chi connectivity index (χ2v) is 8.73. The van der Waals surface area contributed by atoms with Crippen LogP contribution in [0.1, 0.15) is 47.5 Å². The minimum atomic E-state index is -4.74. The Labute approximate surface area is 193 Å². The largest absolute Gasteiger partial charge is 0.471 e. The van der Waals surface area contributed by atoms with Crippen molar-refractivity contribution in [2.45, 2.75) is 50.5 Å². The highest BCUT2D eigenvalue weighted by Crippen LogP contribution is 2.34. The van der Waals surface area contributed by atoms with E-state index in [9.17, 15) is 22.8 Å². The van der Waals surface area contributed by atoms with Crippen molar-refractivity contribution in [1.82, 2.24) is 25.3 Å². The van der Waals surface area contributed by atoms with Crippen molar-refractivity contribution < 1.29 is 32.0 Å². The van der Waals surface area contributed by atoms with Crippen LogP contribution in [0.3, 0.4) is 0 Å². The Morgan fingerprint density at radius 1 is 1.15 bits per heavy atom. The molecule has 2 fully saturated rings. The van der Waals surface area contributed by atoms with Gasteiger partial charge in [0.2, 0.25) is 5.82 Å². The average Bonchev–Trinajstić information content (AvgIpc) is 3.45. The van der Waals surface area contributed by atoms with Crippen LogP contribution in [0.15, 0.2) is 22.7 Å². The number of hydrogen-bond donors (Lipinski definition) is 1. The monoisotopic (exact) mass is 479 g/mol. The molecular formula is C22H24F3N5O4. The molecule has 1 aromatic heterocycles. The minimum absolute atomic E-state index is 0.149. The Hall–Kier alpha value is -3.15. The number of benzene rings is 1. The molecule has 0 radical (unpaired) electrons. The molecule has 2 unspecified atom stereocenters. The third-order valence-electron chi connectivity index (χ3n) is 6.61. The standard InChI is InChI=1S/C22H24F3N5O4/c23-22(24,25)20-27-18(28-34-20)13-5-6-14-12-30(19(31)15(14)11-13)17-4-2-1-3-16(17)26-21(32)29-7-9-33-10-8-29/h5-6,11,16-17H,1-4,7-10,12H2,(H,26,32). The predicted molar refractivity (Wildman–Crippen MR) is 112 cm³/mol. The number of ether oxygens (including phenoxy) is 1. The molecule has 5 rings (SSSR count). The van der Waals surface area contributed by atoms with Gasteiger partial charge in [-0.15, -0.1) is 0 Å². The highest BCUT2D eigenvalue weighted by Gasteiger charge is 2.40. The van der Waals surface area contributed by atoms with E-state index in [0.29, 0.717) is 38.4 Å². The van der Waals surface area contributed by atoms with Crippen LogP contribution in [0.5, 0.6) is 0 Å². The predicted octanol–water partition coefficient (Wildman–Crippen LogP) is 3.06. The van der Waals surface area contributed by atoms with Gasteiger partial charge in [-0.05, 0) is 24.5 Å². The topological polar surface area (TPSA) is 101 Å². The van der Waals surface area contributed by atoms with Crippen molar-refractivity contribution in [2.75, 3.05) is 26.3 Å². The molecule has 1 aromatic carbocycles. The zero-order valence-electron chi connectivity index (χ0n) is 18.3. The summed E-state index contributed by atoms with van der Waals surface area (Å²) in [6, 6.07) is 4.31. The van der Waals surface area contributed by atoms with Gasteiger partial charge < -0.3 is 24.4 Å². The number of urea groups is 1. The summed E-state index contributed by atoms with van der Waals surface area (Å²) in [5.41, 5.74) is 1.45. The van der Waals surface area contributed by atoms with E-state index in [2.05, 4.69) is 20.0 Å². The van der Waals surface area contributed by atoms with Gasteiger partial charge >= 0.3 is 18.1 Å². The molecule has 1 saturated heterocycles. The molecule has 1 N–H and O–H groups in total. The number of rotatable bonds is 3. The molecule has 2 aliphatic heterocycles. The van der Waals surface area contributed by atoms with Crippen molar-refractivity contribution in [3.63, 3.8) is 0 Å². The molecule has 3 amide bonds. The van der Waals surface area contributed by atoms with Gasteiger partial charge in [-0.2, -0.15) is 18.2 Å². The summed E-state index contributed by atoms with van der Waals surface area (Å²) in [7, 11) is 0. The smallest absolute Gasteiger partial charge is 0.378 e. The van der Waals surface area contributed by atoms with E-state index in [1.807, 2.05) is 0 Å². The van der Waals surface area contributed by atoms with E-state index in [1.165, 1.54) is 6.07 Å². The number of nitrogens with zero attached hydrogens (tertiary/aromatic N) is 4. The number of hydrogen-bond acceptors (Lipinski definition) is 6. The molecule has 1 saturated carbocycles. The quantitative estimate of drug-likeness (QED) is 0.726. The van der Waals surface area contributed by atoms with Gasteiger partial charge in [0.1, 0.15) is 0 Å². The molecule has 3 aliphatic rings. The maximum absolute atomic E-state index is 13.3. The Morgan fingerprint density at radius 3 is 2.65 bits per heavy atom. The zero-order chi connectivity index (χ0) is 23.9. The van der Waals surface area contributed by atoms with E-state index in [-0.39, 0.29) is 35.4 Å². The highest BCUT2D eigenvalue weighted by molar-refractivity contribution is 5.99. The first kappa shape index (κ1) is 22.6. The Bertz CT molecular complexity index is 1080. The van der Waals surface area contributed by atoms with Crippen molar-refractivity contribution >= 4 is 11.9 Å². The fourth-order valence-corrected chi connectivity index (χ4v) is 4.86. The summed E-state index contributed by atoms with van der Waals surface area (Å²) < 4.78 is 48.0. The number of nitrogens with one attached hydrogen (secondary N) is 1. The van der Waals surface area contributed by atoms with Gasteiger partial charge in [0.05, 0.1) is 25.3 Å². The zero-order valence-corrected chi connectivity index (χ0v) is 18.3. The van der Waals surface area contributed by atoms with E-state index < -0.39 is 12.1 Å².